The van der Waals surface area contributed by atoms with Crippen molar-refractivity contribution in [3.8, 4) is 0 Å². The fourth-order valence-corrected chi connectivity index (χ4v) is 4.04. The van der Waals surface area contributed by atoms with Crippen LogP contribution in [0.5, 0.6) is 0 Å². The summed E-state index contributed by atoms with van der Waals surface area (Å²) in [6.45, 7) is 0. The van der Waals surface area contributed by atoms with E-state index in [9.17, 15) is 4.79 Å². The minimum Gasteiger partial charge on any atom is -0.334 e. The molecule has 3 aromatic rings. The van der Waals surface area contributed by atoms with Crippen LogP contribution in [-0.4, -0.2) is 21.5 Å². The molecule has 1 aliphatic carbocycles. The van der Waals surface area contributed by atoms with Gasteiger partial charge < -0.3 is 21.4 Å². The second-order valence-corrected chi connectivity index (χ2v) is 8.02. The monoisotopic (exact) mass is 417 g/mol. The van der Waals surface area contributed by atoms with Gasteiger partial charge in [0, 0.05) is 5.56 Å². The van der Waals surface area contributed by atoms with Crippen LogP contribution in [0, 0.1) is 0 Å². The number of hydrogen-bond donors (Lipinski definition) is 4. The number of carbonyl (C=O) groups excluding carboxylic acids is 1. The molecule has 1 fully saturated rings. The molecule has 1 aliphatic rings. The van der Waals surface area contributed by atoms with Gasteiger partial charge in [-0.1, -0.05) is 35.7 Å². The van der Waals surface area contributed by atoms with Crippen molar-refractivity contribution in [2.75, 3.05) is 5.32 Å². The highest BCUT2D eigenvalue weighted by Crippen LogP contribution is 2.32. The summed E-state index contributed by atoms with van der Waals surface area (Å²) in [5, 5.41) is 7.08. The van der Waals surface area contributed by atoms with E-state index in [1.54, 1.807) is 36.4 Å². The van der Waals surface area contributed by atoms with Crippen molar-refractivity contribution in [1.29, 1.82) is 0 Å². The summed E-state index contributed by atoms with van der Waals surface area (Å²) in [5.41, 5.74) is 8.29. The number of aromatic nitrogens is 2. The van der Waals surface area contributed by atoms with Crippen molar-refractivity contribution in [3.05, 3.63) is 52.0 Å². The fraction of sp³-hybridized carbons (Fsp3) is 0.300. The molecular formula is C20H21Cl2N5O. The Kier molecular flexibility index (Phi) is 5.19. The molecule has 0 unspecified atom stereocenters. The molecule has 1 heterocycles. The molecule has 5 N–H and O–H groups in total. The largest absolute Gasteiger partial charge is 0.334 e. The lowest BCUT2D eigenvalue weighted by atomic mass is 9.89. The number of H-pyrrole nitrogens is 1. The van der Waals surface area contributed by atoms with Crippen LogP contribution in [0.2, 0.25) is 10.0 Å². The molecule has 0 bridgehead atoms. The summed E-state index contributed by atoms with van der Waals surface area (Å²) < 4.78 is 0. The Hall–Kier alpha value is -2.28. The van der Waals surface area contributed by atoms with E-state index in [-0.39, 0.29) is 5.91 Å². The van der Waals surface area contributed by atoms with Crippen molar-refractivity contribution in [2.24, 2.45) is 5.73 Å². The second-order valence-electron chi connectivity index (χ2n) is 7.21. The first-order valence-electron chi connectivity index (χ1n) is 9.26. The minimum absolute atomic E-state index is 0.176. The molecule has 6 nitrogen and oxygen atoms in total. The SMILES string of the molecule is NC1(NC(=O)c2ccc3nc(Nc4c(Cl)cccc4Cl)[nH]c3c2)CCCCC1. The van der Waals surface area contributed by atoms with E-state index >= 15 is 0 Å². The van der Waals surface area contributed by atoms with Crippen molar-refractivity contribution < 1.29 is 4.79 Å². The Bertz CT molecular complexity index is 1010. The standard InChI is InChI=1S/C20H21Cl2N5O/c21-13-5-4-6-14(22)17(13)26-19-24-15-8-7-12(11-16(15)25-19)18(28)27-20(23)9-2-1-3-10-20/h4-8,11H,1-3,9-10,23H2,(H,27,28)(H2,24,25,26). The lowest BCUT2D eigenvalue weighted by molar-refractivity contribution is 0.0874. The number of aromatic amines is 1. The molecule has 8 heteroatoms. The number of hydrogen-bond acceptors (Lipinski definition) is 4. The Morgan fingerprint density at radius 3 is 2.54 bits per heavy atom. The van der Waals surface area contributed by atoms with E-state index in [4.69, 9.17) is 28.9 Å². The van der Waals surface area contributed by atoms with Crippen LogP contribution >= 0.6 is 23.2 Å². The van der Waals surface area contributed by atoms with Crippen molar-refractivity contribution in [1.82, 2.24) is 15.3 Å². The number of anilines is 2. The van der Waals surface area contributed by atoms with E-state index in [2.05, 4.69) is 20.6 Å². The molecule has 28 heavy (non-hydrogen) atoms. The molecular weight excluding hydrogens is 397 g/mol. The van der Waals surface area contributed by atoms with E-state index < -0.39 is 5.66 Å². The third-order valence-electron chi connectivity index (χ3n) is 5.06. The quantitative estimate of drug-likeness (QED) is 0.450. The number of nitrogens with one attached hydrogen (secondary N) is 3. The maximum atomic E-state index is 12.7. The van der Waals surface area contributed by atoms with Crippen molar-refractivity contribution in [3.63, 3.8) is 0 Å². The Morgan fingerprint density at radius 2 is 1.82 bits per heavy atom. The maximum absolute atomic E-state index is 12.7. The van der Waals surface area contributed by atoms with E-state index in [0.717, 1.165) is 36.7 Å². The van der Waals surface area contributed by atoms with Gasteiger partial charge in [0.25, 0.3) is 5.91 Å². The fourth-order valence-electron chi connectivity index (χ4n) is 3.55. The minimum atomic E-state index is -0.619. The van der Waals surface area contributed by atoms with Crippen LogP contribution < -0.4 is 16.4 Å². The summed E-state index contributed by atoms with van der Waals surface area (Å²) in [6.07, 6.45) is 4.85. The lowest BCUT2D eigenvalue weighted by Gasteiger charge is -2.34. The molecule has 4 rings (SSSR count). The first-order chi connectivity index (χ1) is 13.4. The summed E-state index contributed by atoms with van der Waals surface area (Å²) >= 11 is 12.4. The van der Waals surface area contributed by atoms with E-state index in [1.807, 2.05) is 0 Å². The molecule has 0 spiro atoms. The van der Waals surface area contributed by atoms with Crippen LogP contribution in [-0.2, 0) is 0 Å². The number of halogens is 2. The van der Waals surface area contributed by atoms with Gasteiger partial charge >= 0.3 is 0 Å². The number of amides is 1. The van der Waals surface area contributed by atoms with Crippen LogP contribution in [0.4, 0.5) is 11.6 Å². The van der Waals surface area contributed by atoms with Gasteiger partial charge in [0.1, 0.15) is 0 Å². The molecule has 2 aromatic carbocycles. The zero-order valence-corrected chi connectivity index (χ0v) is 16.7. The van der Waals surface area contributed by atoms with Gasteiger partial charge in [-0.2, -0.15) is 0 Å². The molecule has 1 amide bonds. The molecule has 1 aromatic heterocycles. The van der Waals surface area contributed by atoms with Crippen molar-refractivity contribution >= 4 is 51.8 Å². The molecule has 0 aliphatic heterocycles. The first-order valence-corrected chi connectivity index (χ1v) is 10.0. The van der Waals surface area contributed by atoms with Crippen molar-refractivity contribution in [2.45, 2.75) is 37.8 Å². The smallest absolute Gasteiger partial charge is 0.252 e. The number of carbonyl (C=O) groups is 1. The van der Waals surface area contributed by atoms with E-state index in [1.165, 1.54) is 6.42 Å². The maximum Gasteiger partial charge on any atom is 0.252 e. The average Bonchev–Trinajstić information content (AvgIpc) is 3.07. The lowest BCUT2D eigenvalue weighted by Crippen LogP contribution is -2.56. The third kappa shape index (κ3) is 3.94. The number of benzene rings is 2. The zero-order chi connectivity index (χ0) is 19.7. The number of para-hydroxylation sites is 1. The summed E-state index contributed by atoms with van der Waals surface area (Å²) in [7, 11) is 0. The predicted octanol–water partition coefficient (Wildman–Crippen LogP) is 4.96. The van der Waals surface area contributed by atoms with Crippen LogP contribution in [0.15, 0.2) is 36.4 Å². The summed E-state index contributed by atoms with van der Waals surface area (Å²) in [5.74, 6) is 0.315. The predicted molar refractivity (Wildman–Crippen MR) is 113 cm³/mol. The second kappa shape index (κ2) is 7.62. The third-order valence-corrected chi connectivity index (χ3v) is 5.69. The topological polar surface area (TPSA) is 95.8 Å². The van der Waals surface area contributed by atoms with Gasteiger partial charge in [-0.25, -0.2) is 4.98 Å². The van der Waals surface area contributed by atoms with Gasteiger partial charge in [0.2, 0.25) is 5.95 Å². The van der Waals surface area contributed by atoms with Crippen LogP contribution in [0.3, 0.4) is 0 Å². The van der Waals surface area contributed by atoms with Crippen LogP contribution in [0.25, 0.3) is 11.0 Å². The van der Waals surface area contributed by atoms with Crippen LogP contribution in [0.1, 0.15) is 42.5 Å². The molecule has 0 saturated heterocycles. The molecule has 0 atom stereocenters. The van der Waals surface area contributed by atoms with Gasteiger partial charge in [-0.3, -0.25) is 4.79 Å². The highest BCUT2D eigenvalue weighted by atomic mass is 35.5. The van der Waals surface area contributed by atoms with E-state index in [0.29, 0.717) is 27.2 Å². The average molecular weight is 418 g/mol. The molecule has 1 saturated carbocycles. The van der Waals surface area contributed by atoms with Gasteiger partial charge in [-0.15, -0.1) is 0 Å². The molecule has 146 valence electrons. The highest BCUT2D eigenvalue weighted by Gasteiger charge is 2.29. The molecule has 0 radical (unpaired) electrons. The van der Waals surface area contributed by atoms with Gasteiger partial charge in [0.05, 0.1) is 32.4 Å². The number of rotatable bonds is 4. The number of fused-ring (bicyclic) bond motifs is 1. The summed E-state index contributed by atoms with van der Waals surface area (Å²) in [6, 6.07) is 10.6. The number of imidazole rings is 1. The normalized spacial score (nSPS) is 16.1. The zero-order valence-electron chi connectivity index (χ0n) is 15.2. The number of nitrogens with zero attached hydrogens (tertiary/aromatic N) is 1. The summed E-state index contributed by atoms with van der Waals surface area (Å²) in [4.78, 5) is 20.3. The van der Waals surface area contributed by atoms with Gasteiger partial charge in [0.15, 0.2) is 0 Å². The Labute approximate surface area is 172 Å². The number of nitrogens with two attached hydrogens (primary N) is 1. The Morgan fingerprint density at radius 1 is 1.11 bits per heavy atom. The Balaban J connectivity index is 1.55. The highest BCUT2D eigenvalue weighted by molar-refractivity contribution is 6.39. The first kappa shape index (κ1) is 19.1. The van der Waals surface area contributed by atoms with Gasteiger partial charge in [-0.05, 0) is 56.0 Å².